The van der Waals surface area contributed by atoms with Gasteiger partial charge in [0, 0.05) is 24.0 Å². The van der Waals surface area contributed by atoms with E-state index in [4.69, 9.17) is 23.2 Å². The third kappa shape index (κ3) is 2.98. The predicted molar refractivity (Wildman–Crippen MR) is 82.9 cm³/mol. The highest BCUT2D eigenvalue weighted by molar-refractivity contribution is 7.89. The summed E-state index contributed by atoms with van der Waals surface area (Å²) < 4.78 is 27.1. The molecule has 0 saturated carbocycles. The average Bonchev–Trinajstić information content (AvgIpc) is 2.72. The Kier molecular flexibility index (Phi) is 4.41. The van der Waals surface area contributed by atoms with Gasteiger partial charge in [-0.05, 0) is 42.0 Å². The molecule has 20 heavy (non-hydrogen) atoms. The second kappa shape index (κ2) is 5.48. The first-order valence-corrected chi connectivity index (χ1v) is 8.88. The minimum absolute atomic E-state index is 0.0227. The quantitative estimate of drug-likeness (QED) is 0.787. The first-order chi connectivity index (χ1) is 9.17. The predicted octanol–water partition coefficient (Wildman–Crippen LogP) is 3.81. The van der Waals surface area contributed by atoms with Gasteiger partial charge in [0.1, 0.15) is 0 Å². The lowest BCUT2D eigenvalue weighted by atomic mass is 9.93. The molecular formula is C14H19Cl2NO2S. The van der Waals surface area contributed by atoms with Gasteiger partial charge >= 0.3 is 0 Å². The van der Waals surface area contributed by atoms with Crippen LogP contribution in [0.25, 0.3) is 0 Å². The maximum Gasteiger partial charge on any atom is 0.243 e. The van der Waals surface area contributed by atoms with Crippen molar-refractivity contribution < 1.29 is 8.42 Å². The monoisotopic (exact) mass is 335 g/mol. The second-order valence-corrected chi connectivity index (χ2v) is 8.68. The van der Waals surface area contributed by atoms with Crippen LogP contribution in [0.5, 0.6) is 0 Å². The molecule has 6 heteroatoms. The zero-order chi connectivity index (χ0) is 15.1. The Morgan fingerprint density at radius 3 is 2.50 bits per heavy atom. The zero-order valence-corrected chi connectivity index (χ0v) is 14.2. The topological polar surface area (TPSA) is 37.4 Å². The summed E-state index contributed by atoms with van der Waals surface area (Å²) in [7, 11) is -3.51. The third-order valence-corrected chi connectivity index (χ3v) is 6.31. The molecule has 0 atom stereocenters. The number of halogens is 2. The lowest BCUT2D eigenvalue weighted by Gasteiger charge is -2.21. The molecule has 112 valence electrons. The Labute approximate surface area is 130 Å². The van der Waals surface area contributed by atoms with Gasteiger partial charge in [-0.1, -0.05) is 25.4 Å². The fourth-order valence-corrected chi connectivity index (χ4v) is 5.03. The maximum absolute atomic E-state index is 12.8. The van der Waals surface area contributed by atoms with E-state index in [0.29, 0.717) is 23.7 Å². The summed E-state index contributed by atoms with van der Waals surface area (Å²) in [5.74, 6) is 0.250. The van der Waals surface area contributed by atoms with Crippen LogP contribution >= 0.6 is 23.2 Å². The Morgan fingerprint density at radius 2 is 2.00 bits per heavy atom. The lowest BCUT2D eigenvalue weighted by molar-refractivity contribution is 0.375. The fraction of sp³-hybridized carbons (Fsp3) is 0.571. The normalized spacial score (nSPS) is 19.4. The smallest absolute Gasteiger partial charge is 0.207 e. The SMILES string of the molecule is Cc1c(CCl)cc(Cl)cc1S(=O)(=O)N1CCC(C)(C)C1. The van der Waals surface area contributed by atoms with Crippen molar-refractivity contribution in [3.8, 4) is 0 Å². The zero-order valence-electron chi connectivity index (χ0n) is 11.9. The van der Waals surface area contributed by atoms with Gasteiger partial charge in [-0.2, -0.15) is 4.31 Å². The van der Waals surface area contributed by atoms with Crippen LogP contribution in [-0.2, 0) is 15.9 Å². The van der Waals surface area contributed by atoms with E-state index < -0.39 is 10.0 Å². The van der Waals surface area contributed by atoms with E-state index in [1.807, 2.05) is 0 Å². The second-order valence-electron chi connectivity index (χ2n) is 6.07. The van der Waals surface area contributed by atoms with E-state index in [1.54, 1.807) is 17.3 Å². The molecule has 2 rings (SSSR count). The molecular weight excluding hydrogens is 317 g/mol. The van der Waals surface area contributed by atoms with Gasteiger partial charge < -0.3 is 0 Å². The van der Waals surface area contributed by atoms with Crippen molar-refractivity contribution >= 4 is 33.2 Å². The van der Waals surface area contributed by atoms with Gasteiger partial charge in [-0.15, -0.1) is 11.6 Å². The van der Waals surface area contributed by atoms with Crippen molar-refractivity contribution in [1.82, 2.24) is 4.31 Å². The standard InChI is InChI=1S/C14H19Cl2NO2S/c1-10-11(8-15)6-12(16)7-13(10)20(18,19)17-5-4-14(2,3)9-17/h6-7H,4-5,8-9H2,1-3H3. The molecule has 1 aromatic rings. The summed E-state index contributed by atoms with van der Waals surface area (Å²) in [4.78, 5) is 0.276. The molecule has 0 spiro atoms. The van der Waals surface area contributed by atoms with Crippen LogP contribution < -0.4 is 0 Å². The molecule has 1 fully saturated rings. The van der Waals surface area contributed by atoms with Crippen molar-refractivity contribution in [2.24, 2.45) is 5.41 Å². The highest BCUT2D eigenvalue weighted by Crippen LogP contribution is 2.35. The Morgan fingerprint density at radius 1 is 1.35 bits per heavy atom. The molecule has 1 aromatic carbocycles. The fourth-order valence-electron chi connectivity index (χ4n) is 2.52. The van der Waals surface area contributed by atoms with Crippen molar-refractivity contribution in [2.45, 2.75) is 38.0 Å². The van der Waals surface area contributed by atoms with Gasteiger partial charge in [0.15, 0.2) is 0 Å². The summed E-state index contributed by atoms with van der Waals surface area (Å²) in [6.07, 6.45) is 0.869. The Bertz CT molecular complexity index is 626. The first-order valence-electron chi connectivity index (χ1n) is 6.52. The molecule has 0 aliphatic carbocycles. The molecule has 0 bridgehead atoms. The van der Waals surface area contributed by atoms with Crippen LogP contribution in [0.15, 0.2) is 17.0 Å². The summed E-state index contributed by atoms with van der Waals surface area (Å²) in [5.41, 5.74) is 1.47. The highest BCUT2D eigenvalue weighted by atomic mass is 35.5. The molecule has 3 nitrogen and oxygen atoms in total. The summed E-state index contributed by atoms with van der Waals surface area (Å²) >= 11 is 11.9. The molecule has 0 radical (unpaired) electrons. The molecule has 1 saturated heterocycles. The van der Waals surface area contributed by atoms with Gasteiger partial charge in [0.2, 0.25) is 10.0 Å². The molecule has 1 aliphatic rings. The average molecular weight is 336 g/mol. The van der Waals surface area contributed by atoms with Crippen molar-refractivity contribution in [3.05, 3.63) is 28.3 Å². The minimum atomic E-state index is -3.51. The van der Waals surface area contributed by atoms with E-state index in [9.17, 15) is 8.42 Å². The number of nitrogens with zero attached hydrogens (tertiary/aromatic N) is 1. The highest BCUT2D eigenvalue weighted by Gasteiger charge is 2.37. The molecule has 0 N–H and O–H groups in total. The van der Waals surface area contributed by atoms with Crippen molar-refractivity contribution in [2.75, 3.05) is 13.1 Å². The maximum atomic E-state index is 12.8. The summed E-state index contributed by atoms with van der Waals surface area (Å²) in [6.45, 7) is 7.03. The van der Waals surface area contributed by atoms with Crippen LogP contribution in [-0.4, -0.2) is 25.8 Å². The Hall–Kier alpha value is -0.290. The molecule has 0 amide bonds. The number of alkyl halides is 1. The number of sulfonamides is 1. The van der Waals surface area contributed by atoms with E-state index >= 15 is 0 Å². The van der Waals surface area contributed by atoms with Crippen LogP contribution in [0.2, 0.25) is 5.02 Å². The summed E-state index contributed by atoms with van der Waals surface area (Å²) in [5, 5.41) is 0.406. The number of hydrogen-bond donors (Lipinski definition) is 0. The molecule has 1 heterocycles. The number of benzene rings is 1. The Balaban J connectivity index is 2.48. The van der Waals surface area contributed by atoms with E-state index in [-0.39, 0.29) is 16.2 Å². The van der Waals surface area contributed by atoms with Crippen molar-refractivity contribution in [3.63, 3.8) is 0 Å². The van der Waals surface area contributed by atoms with E-state index in [1.165, 1.54) is 6.07 Å². The lowest BCUT2D eigenvalue weighted by Crippen LogP contribution is -2.31. The largest absolute Gasteiger partial charge is 0.243 e. The van der Waals surface area contributed by atoms with Crippen molar-refractivity contribution in [1.29, 1.82) is 0 Å². The van der Waals surface area contributed by atoms with Crippen LogP contribution in [0.3, 0.4) is 0 Å². The summed E-state index contributed by atoms with van der Waals surface area (Å²) in [6, 6.07) is 3.24. The molecule has 0 unspecified atom stereocenters. The minimum Gasteiger partial charge on any atom is -0.207 e. The van der Waals surface area contributed by atoms with Crippen LogP contribution in [0.4, 0.5) is 0 Å². The van der Waals surface area contributed by atoms with Crippen LogP contribution in [0.1, 0.15) is 31.4 Å². The van der Waals surface area contributed by atoms with Gasteiger partial charge in [0.05, 0.1) is 4.90 Å². The van der Waals surface area contributed by atoms with E-state index in [2.05, 4.69) is 13.8 Å². The van der Waals surface area contributed by atoms with E-state index in [0.717, 1.165) is 12.0 Å². The number of rotatable bonds is 3. The third-order valence-electron chi connectivity index (χ3n) is 3.84. The molecule has 0 aromatic heterocycles. The van der Waals surface area contributed by atoms with Gasteiger partial charge in [-0.25, -0.2) is 8.42 Å². The molecule has 1 aliphatic heterocycles. The van der Waals surface area contributed by atoms with Gasteiger partial charge in [0.25, 0.3) is 0 Å². The number of hydrogen-bond acceptors (Lipinski definition) is 2. The first kappa shape index (κ1) is 16.1. The van der Waals surface area contributed by atoms with Gasteiger partial charge in [-0.3, -0.25) is 0 Å². The van der Waals surface area contributed by atoms with Crippen LogP contribution in [0, 0.1) is 12.3 Å².